The van der Waals surface area contributed by atoms with E-state index in [2.05, 4.69) is 5.16 Å². The van der Waals surface area contributed by atoms with E-state index in [1.54, 1.807) is 4.90 Å². The molecule has 0 aromatic heterocycles. The fourth-order valence-corrected chi connectivity index (χ4v) is 1.42. The van der Waals surface area contributed by atoms with E-state index in [1.165, 1.54) is 0 Å². The van der Waals surface area contributed by atoms with Crippen LogP contribution in [-0.2, 0) is 0 Å². The molecule has 0 aliphatic carbocycles. The van der Waals surface area contributed by atoms with E-state index < -0.39 is 12.6 Å². The number of amidine groups is 1. The average Bonchev–Trinajstić information content (AvgIpc) is 2.19. The second-order valence-electron chi connectivity index (χ2n) is 4.40. The first-order valence-electron chi connectivity index (χ1n) is 5.50. The number of nitrogens with two attached hydrogens (primary N) is 1. The van der Waals surface area contributed by atoms with Crippen molar-refractivity contribution in [1.29, 1.82) is 0 Å². The summed E-state index contributed by atoms with van der Waals surface area (Å²) in [4.78, 5) is 1.68. The lowest BCUT2D eigenvalue weighted by atomic mass is 10.2. The number of rotatable bonds is 7. The van der Waals surface area contributed by atoms with Gasteiger partial charge in [0.15, 0.2) is 0 Å². The normalized spacial score (nSPS) is 13.7. The van der Waals surface area contributed by atoms with Gasteiger partial charge in [0.05, 0.1) is 6.42 Å². The summed E-state index contributed by atoms with van der Waals surface area (Å²) in [6.07, 6.45) is -4.72. The SMILES string of the molecule is CC(C)CN(CCC(N)=NO)CCC(F)(F)F. The standard InChI is InChI=1S/C10H20F3N3O/c1-8(2)7-16(5-3-9(14)15-17)6-4-10(11,12)13/h8,17H,3-7H2,1-2H3,(H2,14,15). The smallest absolute Gasteiger partial charge is 0.390 e. The highest BCUT2D eigenvalue weighted by Gasteiger charge is 2.27. The Bertz CT molecular complexity index is 241. The van der Waals surface area contributed by atoms with Gasteiger partial charge in [0.25, 0.3) is 0 Å². The Morgan fingerprint density at radius 3 is 2.35 bits per heavy atom. The Morgan fingerprint density at radius 1 is 1.35 bits per heavy atom. The molecule has 102 valence electrons. The maximum absolute atomic E-state index is 12.1. The Morgan fingerprint density at radius 2 is 1.94 bits per heavy atom. The van der Waals surface area contributed by atoms with E-state index in [0.29, 0.717) is 13.1 Å². The zero-order valence-electron chi connectivity index (χ0n) is 10.2. The lowest BCUT2D eigenvalue weighted by Crippen LogP contribution is -2.34. The molecule has 17 heavy (non-hydrogen) atoms. The lowest BCUT2D eigenvalue weighted by Gasteiger charge is -2.24. The molecule has 0 rings (SSSR count). The predicted molar refractivity (Wildman–Crippen MR) is 60.0 cm³/mol. The number of hydrogen-bond acceptors (Lipinski definition) is 3. The van der Waals surface area contributed by atoms with Crippen molar-refractivity contribution in [3.8, 4) is 0 Å². The van der Waals surface area contributed by atoms with E-state index in [1.807, 2.05) is 13.8 Å². The van der Waals surface area contributed by atoms with Crippen LogP contribution in [0.3, 0.4) is 0 Å². The van der Waals surface area contributed by atoms with Gasteiger partial charge in [-0.1, -0.05) is 19.0 Å². The molecule has 0 atom stereocenters. The minimum atomic E-state index is -4.15. The first-order chi connectivity index (χ1) is 7.74. The van der Waals surface area contributed by atoms with E-state index >= 15 is 0 Å². The lowest BCUT2D eigenvalue weighted by molar-refractivity contribution is -0.138. The van der Waals surface area contributed by atoms with Gasteiger partial charge < -0.3 is 15.8 Å². The van der Waals surface area contributed by atoms with Crippen LogP contribution in [0.1, 0.15) is 26.7 Å². The summed E-state index contributed by atoms with van der Waals surface area (Å²) < 4.78 is 36.3. The molecule has 3 N–H and O–H groups in total. The van der Waals surface area contributed by atoms with Crippen LogP contribution in [0.25, 0.3) is 0 Å². The summed E-state index contributed by atoms with van der Waals surface area (Å²) in [6.45, 7) is 4.74. The van der Waals surface area contributed by atoms with Crippen molar-refractivity contribution in [2.45, 2.75) is 32.9 Å². The van der Waals surface area contributed by atoms with Gasteiger partial charge in [-0.15, -0.1) is 0 Å². The van der Waals surface area contributed by atoms with Crippen molar-refractivity contribution in [3.05, 3.63) is 0 Å². The predicted octanol–water partition coefficient (Wildman–Crippen LogP) is 2.03. The quantitative estimate of drug-likeness (QED) is 0.317. The Balaban J connectivity index is 4.14. The molecule has 0 bridgehead atoms. The molecular weight excluding hydrogens is 235 g/mol. The maximum Gasteiger partial charge on any atom is 0.390 e. The van der Waals surface area contributed by atoms with Crippen molar-refractivity contribution in [2.75, 3.05) is 19.6 Å². The van der Waals surface area contributed by atoms with Crippen molar-refractivity contribution < 1.29 is 18.4 Å². The van der Waals surface area contributed by atoms with Crippen LogP contribution in [0.4, 0.5) is 13.2 Å². The summed E-state index contributed by atoms with van der Waals surface area (Å²) >= 11 is 0. The van der Waals surface area contributed by atoms with Gasteiger partial charge in [-0.05, 0) is 5.92 Å². The second kappa shape index (κ2) is 7.37. The topological polar surface area (TPSA) is 61.8 Å². The highest BCUT2D eigenvalue weighted by atomic mass is 19.4. The Hall–Kier alpha value is -0.980. The van der Waals surface area contributed by atoms with Gasteiger partial charge >= 0.3 is 6.18 Å². The summed E-state index contributed by atoms with van der Waals surface area (Å²) in [5.41, 5.74) is 5.29. The Kier molecular flexibility index (Phi) is 6.94. The van der Waals surface area contributed by atoms with Gasteiger partial charge in [-0.25, -0.2) is 0 Å². The first-order valence-corrected chi connectivity index (χ1v) is 5.50. The van der Waals surface area contributed by atoms with Gasteiger partial charge in [0.1, 0.15) is 5.84 Å². The third kappa shape index (κ3) is 9.92. The molecule has 0 fully saturated rings. The third-order valence-electron chi connectivity index (χ3n) is 2.15. The van der Waals surface area contributed by atoms with Crippen LogP contribution in [0.5, 0.6) is 0 Å². The van der Waals surface area contributed by atoms with E-state index in [9.17, 15) is 13.2 Å². The molecule has 0 amide bonds. The highest BCUT2D eigenvalue weighted by molar-refractivity contribution is 5.79. The summed E-state index contributed by atoms with van der Waals surface area (Å²) in [5.74, 6) is 0.307. The van der Waals surface area contributed by atoms with Crippen molar-refractivity contribution in [2.24, 2.45) is 16.8 Å². The molecule has 0 unspecified atom stereocenters. The first kappa shape index (κ1) is 16.0. The molecule has 0 aromatic carbocycles. The van der Waals surface area contributed by atoms with Crippen molar-refractivity contribution in [3.63, 3.8) is 0 Å². The zero-order chi connectivity index (χ0) is 13.5. The fourth-order valence-electron chi connectivity index (χ4n) is 1.42. The third-order valence-corrected chi connectivity index (χ3v) is 2.15. The second-order valence-corrected chi connectivity index (χ2v) is 4.40. The largest absolute Gasteiger partial charge is 0.409 e. The summed E-state index contributed by atoms with van der Waals surface area (Å²) in [5, 5.41) is 11.1. The average molecular weight is 255 g/mol. The summed E-state index contributed by atoms with van der Waals surface area (Å²) in [6, 6.07) is 0. The molecule has 0 aromatic rings. The fraction of sp³-hybridized carbons (Fsp3) is 0.900. The molecule has 0 aliphatic rings. The number of halogens is 3. The van der Waals surface area contributed by atoms with Crippen molar-refractivity contribution in [1.82, 2.24) is 4.90 Å². The number of hydrogen-bond donors (Lipinski definition) is 2. The minimum absolute atomic E-state index is 0.0331. The van der Waals surface area contributed by atoms with Gasteiger partial charge in [0, 0.05) is 26.1 Å². The van der Waals surface area contributed by atoms with Crippen LogP contribution >= 0.6 is 0 Å². The number of oxime groups is 1. The number of alkyl halides is 3. The number of nitrogens with zero attached hydrogens (tertiary/aromatic N) is 2. The molecule has 0 saturated carbocycles. The molecule has 0 radical (unpaired) electrons. The van der Waals surface area contributed by atoms with Gasteiger partial charge in [-0.3, -0.25) is 0 Å². The monoisotopic (exact) mass is 255 g/mol. The van der Waals surface area contributed by atoms with Gasteiger partial charge in [0.2, 0.25) is 0 Å². The molecule has 4 nitrogen and oxygen atoms in total. The van der Waals surface area contributed by atoms with E-state index in [0.717, 1.165) is 0 Å². The van der Waals surface area contributed by atoms with Crippen molar-refractivity contribution >= 4 is 5.84 Å². The van der Waals surface area contributed by atoms with E-state index in [-0.39, 0.29) is 24.7 Å². The molecule has 0 heterocycles. The van der Waals surface area contributed by atoms with Crippen LogP contribution in [0, 0.1) is 5.92 Å². The Labute approximate surface area is 99.3 Å². The van der Waals surface area contributed by atoms with Crippen LogP contribution in [0.15, 0.2) is 5.16 Å². The molecule has 0 saturated heterocycles. The van der Waals surface area contributed by atoms with Gasteiger partial charge in [-0.2, -0.15) is 13.2 Å². The maximum atomic E-state index is 12.1. The molecular formula is C10H20F3N3O. The minimum Gasteiger partial charge on any atom is -0.409 e. The van der Waals surface area contributed by atoms with Crippen LogP contribution in [-0.4, -0.2) is 41.8 Å². The molecule has 7 heteroatoms. The zero-order valence-corrected chi connectivity index (χ0v) is 10.2. The highest BCUT2D eigenvalue weighted by Crippen LogP contribution is 2.20. The summed E-state index contributed by atoms with van der Waals surface area (Å²) in [7, 11) is 0. The van der Waals surface area contributed by atoms with Crippen LogP contribution in [0.2, 0.25) is 0 Å². The van der Waals surface area contributed by atoms with Crippen LogP contribution < -0.4 is 5.73 Å². The molecule has 0 aliphatic heterocycles. The molecule has 0 spiro atoms. The van der Waals surface area contributed by atoms with E-state index in [4.69, 9.17) is 10.9 Å².